The minimum Gasteiger partial charge on any atom is -0.264 e. The SMILES string of the molecule is CC(C)c1cncc(C(C)C)c1.CC(C)c1csc(C(C)C)n1. The van der Waals surface area contributed by atoms with Crippen LogP contribution < -0.4 is 0 Å². The molecule has 0 atom stereocenters. The van der Waals surface area contributed by atoms with Crippen LogP contribution in [0.2, 0.25) is 0 Å². The van der Waals surface area contributed by atoms with Gasteiger partial charge in [0.25, 0.3) is 0 Å². The topological polar surface area (TPSA) is 25.8 Å². The van der Waals surface area contributed by atoms with Gasteiger partial charge in [-0.25, -0.2) is 4.98 Å². The second-order valence-corrected chi connectivity index (χ2v) is 8.17. The summed E-state index contributed by atoms with van der Waals surface area (Å²) in [5.74, 6) is 2.30. The van der Waals surface area contributed by atoms with E-state index in [4.69, 9.17) is 0 Å². The minimum absolute atomic E-state index is 0.568. The van der Waals surface area contributed by atoms with Gasteiger partial charge >= 0.3 is 0 Å². The molecule has 0 fully saturated rings. The molecule has 0 saturated heterocycles. The highest BCUT2D eigenvalue weighted by Crippen LogP contribution is 2.23. The largest absolute Gasteiger partial charge is 0.264 e. The first kappa shape index (κ1) is 19.8. The lowest BCUT2D eigenvalue weighted by molar-refractivity contribution is 0.793. The second-order valence-electron chi connectivity index (χ2n) is 7.28. The minimum atomic E-state index is 0.568. The second kappa shape index (κ2) is 9.17. The van der Waals surface area contributed by atoms with Crippen molar-refractivity contribution in [1.82, 2.24) is 9.97 Å². The summed E-state index contributed by atoms with van der Waals surface area (Å²) >= 11 is 1.77. The van der Waals surface area contributed by atoms with Crippen LogP contribution in [-0.2, 0) is 0 Å². The summed E-state index contributed by atoms with van der Waals surface area (Å²) in [6.07, 6.45) is 3.91. The van der Waals surface area contributed by atoms with E-state index in [0.717, 1.165) is 0 Å². The fourth-order valence-electron chi connectivity index (χ4n) is 1.94. The molecule has 0 aliphatic rings. The van der Waals surface area contributed by atoms with Gasteiger partial charge in [-0.3, -0.25) is 4.98 Å². The number of nitrogens with zero attached hydrogens (tertiary/aromatic N) is 2. The van der Waals surface area contributed by atoms with E-state index in [1.807, 2.05) is 12.4 Å². The molecule has 128 valence electrons. The molecule has 0 N–H and O–H groups in total. The summed E-state index contributed by atoms with van der Waals surface area (Å²) in [5, 5.41) is 3.42. The summed E-state index contributed by atoms with van der Waals surface area (Å²) in [7, 11) is 0. The molecule has 2 heterocycles. The predicted molar refractivity (Wildman–Crippen MR) is 103 cm³/mol. The molecule has 0 aliphatic heterocycles. The van der Waals surface area contributed by atoms with Gasteiger partial charge in [-0.05, 0) is 28.9 Å². The number of hydrogen-bond donors (Lipinski definition) is 0. The van der Waals surface area contributed by atoms with Crippen LogP contribution in [0.5, 0.6) is 0 Å². The van der Waals surface area contributed by atoms with Crippen molar-refractivity contribution in [1.29, 1.82) is 0 Å². The molecule has 0 saturated carbocycles. The highest BCUT2D eigenvalue weighted by atomic mass is 32.1. The zero-order chi connectivity index (χ0) is 17.6. The lowest BCUT2D eigenvalue weighted by Gasteiger charge is -2.09. The number of aromatic nitrogens is 2. The Labute approximate surface area is 146 Å². The Balaban J connectivity index is 0.000000231. The van der Waals surface area contributed by atoms with E-state index in [0.29, 0.717) is 23.7 Å². The van der Waals surface area contributed by atoms with Crippen LogP contribution in [0, 0.1) is 0 Å². The molecule has 0 radical (unpaired) electrons. The van der Waals surface area contributed by atoms with Gasteiger partial charge < -0.3 is 0 Å². The van der Waals surface area contributed by atoms with E-state index < -0.39 is 0 Å². The van der Waals surface area contributed by atoms with E-state index in [1.54, 1.807) is 11.3 Å². The first-order valence-corrected chi connectivity index (χ1v) is 9.50. The van der Waals surface area contributed by atoms with Crippen molar-refractivity contribution < 1.29 is 0 Å². The normalized spacial score (nSPS) is 11.3. The fourth-order valence-corrected chi connectivity index (χ4v) is 2.94. The first-order valence-electron chi connectivity index (χ1n) is 8.62. The Bertz CT molecular complexity index is 537. The van der Waals surface area contributed by atoms with Gasteiger partial charge in [0.2, 0.25) is 0 Å². The summed E-state index contributed by atoms with van der Waals surface area (Å²) < 4.78 is 0. The Morgan fingerprint density at radius 2 is 1.26 bits per heavy atom. The first-order chi connectivity index (χ1) is 10.7. The molecule has 3 heteroatoms. The Hall–Kier alpha value is -1.22. The summed E-state index contributed by atoms with van der Waals surface area (Å²) in [4.78, 5) is 8.75. The highest BCUT2D eigenvalue weighted by Gasteiger charge is 2.07. The molecule has 2 aromatic heterocycles. The van der Waals surface area contributed by atoms with Crippen molar-refractivity contribution in [3.63, 3.8) is 0 Å². The number of thiazole rings is 1. The van der Waals surface area contributed by atoms with Gasteiger partial charge in [0, 0.05) is 23.7 Å². The summed E-state index contributed by atoms with van der Waals surface area (Å²) in [6.45, 7) is 17.5. The molecule has 0 aliphatic carbocycles. The van der Waals surface area contributed by atoms with Crippen LogP contribution >= 0.6 is 11.3 Å². The van der Waals surface area contributed by atoms with Crippen molar-refractivity contribution in [3.8, 4) is 0 Å². The van der Waals surface area contributed by atoms with Gasteiger partial charge in [-0.2, -0.15) is 0 Å². The van der Waals surface area contributed by atoms with Crippen LogP contribution in [-0.4, -0.2) is 9.97 Å². The van der Waals surface area contributed by atoms with Crippen molar-refractivity contribution in [3.05, 3.63) is 45.7 Å². The Morgan fingerprint density at radius 1 is 0.739 bits per heavy atom. The van der Waals surface area contributed by atoms with E-state index in [9.17, 15) is 0 Å². The highest BCUT2D eigenvalue weighted by molar-refractivity contribution is 7.09. The van der Waals surface area contributed by atoms with Gasteiger partial charge in [0.1, 0.15) is 0 Å². The number of hydrogen-bond acceptors (Lipinski definition) is 3. The average Bonchev–Trinajstić information content (AvgIpc) is 2.98. The molecule has 0 amide bonds. The van der Waals surface area contributed by atoms with Gasteiger partial charge in [-0.1, -0.05) is 61.5 Å². The average molecular weight is 333 g/mol. The van der Waals surface area contributed by atoms with Gasteiger partial charge in [0.15, 0.2) is 0 Å². The zero-order valence-electron chi connectivity index (χ0n) is 15.9. The molecule has 2 rings (SSSR count). The van der Waals surface area contributed by atoms with Gasteiger partial charge in [-0.15, -0.1) is 11.3 Å². The third-order valence-electron chi connectivity index (χ3n) is 3.74. The molecular formula is C20H32N2S. The molecular weight excluding hydrogens is 300 g/mol. The van der Waals surface area contributed by atoms with Crippen LogP contribution in [0.25, 0.3) is 0 Å². The Morgan fingerprint density at radius 3 is 1.57 bits per heavy atom. The predicted octanol–water partition coefficient (Wildman–Crippen LogP) is 6.72. The maximum atomic E-state index is 4.53. The monoisotopic (exact) mass is 332 g/mol. The number of pyridine rings is 1. The third kappa shape index (κ3) is 6.42. The van der Waals surface area contributed by atoms with Crippen molar-refractivity contribution in [2.45, 2.75) is 79.1 Å². The van der Waals surface area contributed by atoms with E-state index in [-0.39, 0.29) is 0 Å². The maximum Gasteiger partial charge on any atom is 0.0953 e. The molecule has 2 nitrogen and oxygen atoms in total. The van der Waals surface area contributed by atoms with Crippen molar-refractivity contribution in [2.75, 3.05) is 0 Å². The molecule has 0 aromatic carbocycles. The zero-order valence-corrected chi connectivity index (χ0v) is 16.7. The van der Waals surface area contributed by atoms with Crippen LogP contribution in [0.3, 0.4) is 0 Å². The number of rotatable bonds is 4. The van der Waals surface area contributed by atoms with Crippen molar-refractivity contribution >= 4 is 11.3 Å². The molecule has 0 spiro atoms. The quantitative estimate of drug-likeness (QED) is 0.621. The smallest absolute Gasteiger partial charge is 0.0953 e. The molecule has 23 heavy (non-hydrogen) atoms. The van der Waals surface area contributed by atoms with E-state index in [2.05, 4.69) is 76.8 Å². The van der Waals surface area contributed by atoms with Crippen LogP contribution in [0.1, 0.15) is 101 Å². The molecule has 0 bridgehead atoms. The molecule has 2 aromatic rings. The van der Waals surface area contributed by atoms with Crippen LogP contribution in [0.4, 0.5) is 0 Å². The van der Waals surface area contributed by atoms with E-state index in [1.165, 1.54) is 21.8 Å². The Kier molecular flexibility index (Phi) is 7.90. The van der Waals surface area contributed by atoms with Gasteiger partial charge in [0.05, 0.1) is 10.7 Å². The molecule has 0 unspecified atom stereocenters. The maximum absolute atomic E-state index is 4.53. The lowest BCUT2D eigenvalue weighted by Crippen LogP contribution is -1.94. The van der Waals surface area contributed by atoms with Crippen molar-refractivity contribution in [2.24, 2.45) is 0 Å². The van der Waals surface area contributed by atoms with E-state index >= 15 is 0 Å². The summed E-state index contributed by atoms with van der Waals surface area (Å²) in [5.41, 5.74) is 3.90. The summed E-state index contributed by atoms with van der Waals surface area (Å²) in [6, 6.07) is 2.25. The lowest BCUT2D eigenvalue weighted by atomic mass is 9.99. The fraction of sp³-hybridized carbons (Fsp3) is 0.600. The third-order valence-corrected chi connectivity index (χ3v) is 4.90. The van der Waals surface area contributed by atoms with Crippen LogP contribution in [0.15, 0.2) is 23.8 Å². The standard InChI is InChI=1S/C11H17N.C9H15NS/c1-8(2)10-5-11(9(3)4)7-12-6-10;1-6(2)8-5-11-9(10-8)7(3)4/h5-9H,1-4H3;5-7H,1-4H3.